The highest BCUT2D eigenvalue weighted by Gasteiger charge is 2.00. The highest BCUT2D eigenvalue weighted by molar-refractivity contribution is 4.61. The van der Waals surface area contributed by atoms with Gasteiger partial charge in [-0.3, -0.25) is 0 Å². The van der Waals surface area contributed by atoms with Gasteiger partial charge in [0, 0.05) is 6.04 Å². The average molecular weight is 242 g/mol. The maximum atomic E-state index is 3.63. The van der Waals surface area contributed by atoms with E-state index in [-0.39, 0.29) is 0 Å². The topological polar surface area (TPSA) is 15.3 Å². The maximum Gasteiger partial charge on any atom is 0.00387 e. The molecule has 0 aromatic rings. The fraction of sp³-hybridized carbons (Fsp3) is 1.00. The van der Waals surface area contributed by atoms with Crippen LogP contribution in [0.4, 0.5) is 0 Å². The molecule has 0 radical (unpaired) electrons. The van der Waals surface area contributed by atoms with Gasteiger partial charge in [0.05, 0.1) is 0 Å². The molecule has 1 atom stereocenters. The second-order valence-electron chi connectivity index (χ2n) is 5.57. The zero-order valence-electron chi connectivity index (χ0n) is 12.6. The van der Waals surface area contributed by atoms with Gasteiger partial charge in [-0.1, -0.05) is 39.0 Å². The summed E-state index contributed by atoms with van der Waals surface area (Å²) in [6, 6.07) is 0.705. The number of hydrogen-bond donors (Lipinski definition) is 1. The van der Waals surface area contributed by atoms with Crippen molar-refractivity contribution in [2.75, 3.05) is 27.2 Å². The summed E-state index contributed by atoms with van der Waals surface area (Å²) in [4.78, 5) is 2.26. The normalized spacial score (nSPS) is 13.2. The summed E-state index contributed by atoms with van der Waals surface area (Å²) in [5.41, 5.74) is 0. The summed E-state index contributed by atoms with van der Waals surface area (Å²) in [6.45, 7) is 7.00. The van der Waals surface area contributed by atoms with Crippen LogP contribution in [0.1, 0.15) is 65.2 Å². The molecule has 17 heavy (non-hydrogen) atoms. The van der Waals surface area contributed by atoms with Crippen molar-refractivity contribution in [1.29, 1.82) is 0 Å². The molecule has 0 aromatic carbocycles. The Bertz CT molecular complexity index is 146. The van der Waals surface area contributed by atoms with Gasteiger partial charge in [0.25, 0.3) is 0 Å². The molecule has 0 spiro atoms. The van der Waals surface area contributed by atoms with E-state index in [1.807, 2.05) is 0 Å². The van der Waals surface area contributed by atoms with Crippen molar-refractivity contribution in [2.24, 2.45) is 0 Å². The Morgan fingerprint density at radius 3 is 2.29 bits per heavy atom. The van der Waals surface area contributed by atoms with Crippen LogP contribution in [-0.2, 0) is 0 Å². The molecule has 1 unspecified atom stereocenters. The Hall–Kier alpha value is -0.0800. The predicted octanol–water partition coefficient (Wildman–Crippen LogP) is 3.67. The molecular formula is C15H34N2. The largest absolute Gasteiger partial charge is 0.314 e. The fourth-order valence-corrected chi connectivity index (χ4v) is 2.06. The molecule has 0 bridgehead atoms. The number of nitrogens with zero attached hydrogens (tertiary/aromatic N) is 1. The van der Waals surface area contributed by atoms with Gasteiger partial charge in [-0.15, -0.1) is 0 Å². The Balaban J connectivity index is 3.14. The van der Waals surface area contributed by atoms with E-state index in [2.05, 4.69) is 38.2 Å². The lowest BCUT2D eigenvalue weighted by atomic mass is 10.1. The van der Waals surface area contributed by atoms with Crippen molar-refractivity contribution in [1.82, 2.24) is 10.2 Å². The highest BCUT2D eigenvalue weighted by Crippen LogP contribution is 2.07. The van der Waals surface area contributed by atoms with Crippen molar-refractivity contribution < 1.29 is 0 Å². The number of nitrogens with one attached hydrogen (secondary N) is 1. The second kappa shape index (κ2) is 12.4. The van der Waals surface area contributed by atoms with Gasteiger partial charge in [0.2, 0.25) is 0 Å². The summed E-state index contributed by atoms with van der Waals surface area (Å²) in [7, 11) is 4.29. The molecule has 2 heteroatoms. The summed E-state index contributed by atoms with van der Waals surface area (Å²) >= 11 is 0. The van der Waals surface area contributed by atoms with Crippen molar-refractivity contribution in [3.8, 4) is 0 Å². The van der Waals surface area contributed by atoms with Crippen LogP contribution in [0.25, 0.3) is 0 Å². The van der Waals surface area contributed by atoms with Crippen LogP contribution in [0.15, 0.2) is 0 Å². The zero-order chi connectivity index (χ0) is 12.9. The Morgan fingerprint density at radius 1 is 0.941 bits per heavy atom. The van der Waals surface area contributed by atoms with Gasteiger partial charge in [-0.25, -0.2) is 0 Å². The van der Waals surface area contributed by atoms with Gasteiger partial charge >= 0.3 is 0 Å². The number of hydrogen-bond acceptors (Lipinski definition) is 2. The van der Waals surface area contributed by atoms with E-state index in [4.69, 9.17) is 0 Å². The molecule has 104 valence electrons. The summed E-state index contributed by atoms with van der Waals surface area (Å²) in [5, 5.41) is 3.63. The van der Waals surface area contributed by atoms with Gasteiger partial charge in [-0.2, -0.15) is 0 Å². The Kier molecular flexibility index (Phi) is 12.3. The van der Waals surface area contributed by atoms with Crippen LogP contribution >= 0.6 is 0 Å². The maximum absolute atomic E-state index is 3.63. The van der Waals surface area contributed by atoms with Gasteiger partial charge in [-0.05, 0) is 53.4 Å². The molecule has 0 saturated carbocycles. The Labute approximate surface area is 109 Å². The number of rotatable bonds is 12. The van der Waals surface area contributed by atoms with Crippen LogP contribution in [0.5, 0.6) is 0 Å². The van der Waals surface area contributed by atoms with E-state index < -0.39 is 0 Å². The first-order valence-corrected chi connectivity index (χ1v) is 7.55. The molecule has 0 aliphatic carbocycles. The minimum absolute atomic E-state index is 0.705. The molecule has 0 aliphatic heterocycles. The molecule has 0 saturated heterocycles. The minimum atomic E-state index is 0.705. The highest BCUT2D eigenvalue weighted by atomic mass is 15.0. The standard InChI is InChI=1S/C15H34N2/c1-5-6-7-8-9-12-15(2)16-13-10-11-14-17(3)4/h15-16H,5-14H2,1-4H3. The van der Waals surface area contributed by atoms with Gasteiger partial charge in [0.15, 0.2) is 0 Å². The lowest BCUT2D eigenvalue weighted by molar-refractivity contribution is 0.386. The zero-order valence-corrected chi connectivity index (χ0v) is 12.6. The molecular weight excluding hydrogens is 208 g/mol. The van der Waals surface area contributed by atoms with Crippen LogP contribution in [0.3, 0.4) is 0 Å². The van der Waals surface area contributed by atoms with E-state index in [1.54, 1.807) is 0 Å². The fourth-order valence-electron chi connectivity index (χ4n) is 2.06. The van der Waals surface area contributed by atoms with Crippen LogP contribution < -0.4 is 5.32 Å². The molecule has 2 nitrogen and oxygen atoms in total. The van der Waals surface area contributed by atoms with Crippen molar-refractivity contribution >= 4 is 0 Å². The molecule has 0 aliphatic rings. The van der Waals surface area contributed by atoms with E-state index in [0.717, 1.165) is 0 Å². The molecule has 0 rings (SSSR count). The lowest BCUT2D eigenvalue weighted by Crippen LogP contribution is -2.27. The average Bonchev–Trinajstić information content (AvgIpc) is 2.28. The molecule has 0 heterocycles. The third-order valence-corrected chi connectivity index (χ3v) is 3.27. The quantitative estimate of drug-likeness (QED) is 0.525. The van der Waals surface area contributed by atoms with Crippen molar-refractivity contribution in [3.05, 3.63) is 0 Å². The molecule has 1 N–H and O–H groups in total. The first kappa shape index (κ1) is 16.9. The minimum Gasteiger partial charge on any atom is -0.314 e. The SMILES string of the molecule is CCCCCCCC(C)NCCCCN(C)C. The van der Waals surface area contributed by atoms with E-state index in [1.165, 1.54) is 64.5 Å². The third kappa shape index (κ3) is 13.9. The van der Waals surface area contributed by atoms with Crippen molar-refractivity contribution in [3.63, 3.8) is 0 Å². The predicted molar refractivity (Wildman–Crippen MR) is 78.6 cm³/mol. The van der Waals surface area contributed by atoms with Crippen LogP contribution in [0, 0.1) is 0 Å². The smallest absolute Gasteiger partial charge is 0.00387 e. The Morgan fingerprint density at radius 2 is 1.65 bits per heavy atom. The summed E-state index contributed by atoms with van der Waals surface area (Å²) < 4.78 is 0. The first-order valence-electron chi connectivity index (χ1n) is 7.55. The van der Waals surface area contributed by atoms with Crippen LogP contribution in [0.2, 0.25) is 0 Å². The lowest BCUT2D eigenvalue weighted by Gasteiger charge is -2.14. The van der Waals surface area contributed by atoms with Crippen molar-refractivity contribution in [2.45, 2.75) is 71.3 Å². The van der Waals surface area contributed by atoms with E-state index >= 15 is 0 Å². The van der Waals surface area contributed by atoms with E-state index in [0.29, 0.717) is 6.04 Å². The third-order valence-electron chi connectivity index (χ3n) is 3.27. The molecule has 0 aromatic heterocycles. The van der Waals surface area contributed by atoms with Gasteiger partial charge in [0.1, 0.15) is 0 Å². The van der Waals surface area contributed by atoms with Gasteiger partial charge < -0.3 is 10.2 Å². The second-order valence-corrected chi connectivity index (χ2v) is 5.57. The number of unbranched alkanes of at least 4 members (excludes halogenated alkanes) is 5. The van der Waals surface area contributed by atoms with Crippen LogP contribution in [-0.4, -0.2) is 38.1 Å². The summed E-state index contributed by atoms with van der Waals surface area (Å²) in [6.07, 6.45) is 10.9. The molecule has 0 fully saturated rings. The molecule has 0 amide bonds. The monoisotopic (exact) mass is 242 g/mol. The first-order chi connectivity index (χ1) is 8.16. The summed E-state index contributed by atoms with van der Waals surface area (Å²) in [5.74, 6) is 0. The van der Waals surface area contributed by atoms with E-state index in [9.17, 15) is 0 Å².